The second kappa shape index (κ2) is 4.35. The molecule has 0 fully saturated rings. The molecule has 3 nitrogen and oxygen atoms in total. The molecule has 0 rings (SSSR count). The zero-order valence-electron chi connectivity index (χ0n) is 8.13. The number of hydrogen-bond acceptors (Lipinski definition) is 2. The Hall–Kier alpha value is -0.930. The van der Waals surface area contributed by atoms with Crippen LogP contribution in [0, 0.1) is 5.41 Å². The number of carbonyl (C=O) groups is 2. The van der Waals surface area contributed by atoms with Crippen molar-refractivity contribution in [1.29, 1.82) is 0 Å². The van der Waals surface area contributed by atoms with Crippen LogP contribution in [0.2, 0.25) is 0 Å². The minimum Gasteiger partial charge on any atom is -0.481 e. The van der Waals surface area contributed by atoms with Crippen molar-refractivity contribution >= 4 is 11.8 Å². The summed E-state index contributed by atoms with van der Waals surface area (Å²) in [6, 6.07) is 0. The van der Waals surface area contributed by atoms with Crippen molar-refractivity contribution in [3.8, 4) is 0 Å². The lowest BCUT2D eigenvalue weighted by Gasteiger charge is -2.18. The number of carbonyl (C=O) groups excluding carboxylic acids is 1. The first kappa shape index (κ1) is 12.1. The average molecular weight is 190 g/mol. The number of aliphatic carboxylic acids is 1. The summed E-state index contributed by atoms with van der Waals surface area (Å²) >= 11 is 0. The van der Waals surface area contributed by atoms with Crippen LogP contribution in [0.25, 0.3) is 0 Å². The molecule has 1 atom stereocenters. The normalized spacial score (nSPS) is 13.8. The van der Waals surface area contributed by atoms with Crippen LogP contribution < -0.4 is 0 Å². The van der Waals surface area contributed by atoms with Crippen LogP contribution in [0.15, 0.2) is 0 Å². The van der Waals surface area contributed by atoms with E-state index in [2.05, 4.69) is 0 Å². The molecule has 76 valence electrons. The fourth-order valence-corrected chi connectivity index (χ4v) is 0.851. The molecule has 1 unspecified atom stereocenters. The first-order valence-electron chi connectivity index (χ1n) is 4.15. The number of halogens is 1. The Labute approximate surface area is 76.9 Å². The van der Waals surface area contributed by atoms with Gasteiger partial charge < -0.3 is 5.11 Å². The van der Waals surface area contributed by atoms with Crippen LogP contribution in [0.4, 0.5) is 4.39 Å². The van der Waals surface area contributed by atoms with E-state index >= 15 is 0 Å². The first-order chi connectivity index (χ1) is 5.75. The van der Waals surface area contributed by atoms with Gasteiger partial charge in [-0.3, -0.25) is 9.59 Å². The Balaban J connectivity index is 4.05. The summed E-state index contributed by atoms with van der Waals surface area (Å²) in [6.07, 6.45) is -2.19. The smallest absolute Gasteiger partial charge is 0.303 e. The molecule has 13 heavy (non-hydrogen) atoms. The van der Waals surface area contributed by atoms with E-state index in [4.69, 9.17) is 5.11 Å². The predicted molar refractivity (Wildman–Crippen MR) is 46.2 cm³/mol. The molecule has 0 saturated carbocycles. The molecular weight excluding hydrogens is 175 g/mol. The second-order valence-electron chi connectivity index (χ2n) is 4.01. The monoisotopic (exact) mass is 190 g/mol. The van der Waals surface area contributed by atoms with E-state index in [-0.39, 0.29) is 12.8 Å². The number of carboxylic acids is 1. The van der Waals surface area contributed by atoms with Gasteiger partial charge in [0.2, 0.25) is 0 Å². The quantitative estimate of drug-likeness (QED) is 0.735. The summed E-state index contributed by atoms with van der Waals surface area (Å²) in [5, 5.41) is 8.27. The van der Waals surface area contributed by atoms with Gasteiger partial charge in [-0.05, 0) is 6.42 Å². The fraction of sp³-hybridized carbons (Fsp3) is 0.778. The maximum Gasteiger partial charge on any atom is 0.303 e. The highest BCUT2D eigenvalue weighted by atomic mass is 19.1. The van der Waals surface area contributed by atoms with Crippen LogP contribution in [-0.2, 0) is 9.59 Å². The molecular formula is C9H15FO3. The minimum absolute atomic E-state index is 0.231. The summed E-state index contributed by atoms with van der Waals surface area (Å²) < 4.78 is 13.0. The summed E-state index contributed by atoms with van der Waals surface area (Å²) in [4.78, 5) is 21.3. The summed E-state index contributed by atoms with van der Waals surface area (Å²) in [5.41, 5.74) is -0.738. The second-order valence-corrected chi connectivity index (χ2v) is 4.01. The number of Topliss-reactive ketones (excluding diaryl/α,β-unsaturated/α-hetero) is 1. The van der Waals surface area contributed by atoms with Crippen LogP contribution >= 0.6 is 0 Å². The van der Waals surface area contributed by atoms with Gasteiger partial charge in [-0.25, -0.2) is 4.39 Å². The Morgan fingerprint density at radius 1 is 1.38 bits per heavy atom. The van der Waals surface area contributed by atoms with Crippen molar-refractivity contribution in [2.24, 2.45) is 5.41 Å². The number of rotatable bonds is 4. The number of hydrogen-bond donors (Lipinski definition) is 1. The number of carboxylic acid groups (broad SMARTS) is 1. The molecule has 1 N–H and O–H groups in total. The molecule has 0 saturated heterocycles. The first-order valence-corrected chi connectivity index (χ1v) is 4.15. The molecule has 0 amide bonds. The average Bonchev–Trinajstić information content (AvgIpc) is 1.96. The fourth-order valence-electron chi connectivity index (χ4n) is 0.851. The predicted octanol–water partition coefficient (Wildman–Crippen LogP) is 1.80. The van der Waals surface area contributed by atoms with Crippen LogP contribution in [0.1, 0.15) is 33.6 Å². The summed E-state index contributed by atoms with van der Waals surface area (Å²) in [7, 11) is 0. The molecule has 0 aliphatic carbocycles. The van der Waals surface area contributed by atoms with E-state index in [1.165, 1.54) is 0 Å². The van der Waals surface area contributed by atoms with Gasteiger partial charge in [0.05, 0.1) is 0 Å². The lowest BCUT2D eigenvalue weighted by molar-refractivity contribution is -0.138. The molecule has 0 spiro atoms. The Kier molecular flexibility index (Phi) is 4.04. The zero-order chi connectivity index (χ0) is 10.6. The molecule has 0 bridgehead atoms. The third-order valence-corrected chi connectivity index (χ3v) is 1.64. The van der Waals surface area contributed by atoms with E-state index in [1.807, 2.05) is 0 Å². The van der Waals surface area contributed by atoms with Gasteiger partial charge in [0.1, 0.15) is 0 Å². The third-order valence-electron chi connectivity index (χ3n) is 1.64. The zero-order valence-corrected chi connectivity index (χ0v) is 8.13. The van der Waals surface area contributed by atoms with Crippen molar-refractivity contribution in [3.05, 3.63) is 0 Å². The van der Waals surface area contributed by atoms with E-state index < -0.39 is 23.3 Å². The maximum absolute atomic E-state index is 13.0. The molecule has 4 heteroatoms. The Bertz CT molecular complexity index is 205. The molecule has 0 radical (unpaired) electrons. The van der Waals surface area contributed by atoms with Crippen LogP contribution in [0.5, 0.6) is 0 Å². The van der Waals surface area contributed by atoms with Gasteiger partial charge in [-0.15, -0.1) is 0 Å². The largest absolute Gasteiger partial charge is 0.481 e. The standard InChI is InChI=1S/C9H15FO3/c1-9(2,3)8(13)6(10)4-5-7(11)12/h6H,4-5H2,1-3H3,(H,11,12). The van der Waals surface area contributed by atoms with Gasteiger partial charge >= 0.3 is 5.97 Å². The summed E-state index contributed by atoms with van der Waals surface area (Å²) in [5.74, 6) is -1.61. The molecule has 0 aromatic heterocycles. The molecule has 0 heterocycles. The van der Waals surface area contributed by atoms with Crippen molar-refractivity contribution < 1.29 is 19.1 Å². The van der Waals surface area contributed by atoms with Gasteiger partial charge in [0, 0.05) is 11.8 Å². The molecule has 0 aromatic rings. The van der Waals surface area contributed by atoms with E-state index in [1.54, 1.807) is 20.8 Å². The molecule has 0 aliphatic heterocycles. The minimum atomic E-state index is -1.66. The third kappa shape index (κ3) is 4.60. The lowest BCUT2D eigenvalue weighted by atomic mass is 9.87. The Morgan fingerprint density at radius 3 is 2.15 bits per heavy atom. The summed E-state index contributed by atoms with van der Waals surface area (Å²) in [6.45, 7) is 4.84. The highest BCUT2D eigenvalue weighted by Gasteiger charge is 2.29. The lowest BCUT2D eigenvalue weighted by Crippen LogP contribution is -2.30. The van der Waals surface area contributed by atoms with Crippen molar-refractivity contribution in [3.63, 3.8) is 0 Å². The van der Waals surface area contributed by atoms with Gasteiger partial charge in [-0.2, -0.15) is 0 Å². The van der Waals surface area contributed by atoms with Gasteiger partial charge in [-0.1, -0.05) is 20.8 Å². The van der Waals surface area contributed by atoms with Crippen molar-refractivity contribution in [2.75, 3.05) is 0 Å². The van der Waals surface area contributed by atoms with E-state index in [0.29, 0.717) is 0 Å². The number of ketones is 1. The van der Waals surface area contributed by atoms with Gasteiger partial charge in [0.25, 0.3) is 0 Å². The van der Waals surface area contributed by atoms with Crippen LogP contribution in [-0.4, -0.2) is 23.0 Å². The van der Waals surface area contributed by atoms with Crippen LogP contribution in [0.3, 0.4) is 0 Å². The Morgan fingerprint density at radius 2 is 1.85 bits per heavy atom. The number of alkyl halides is 1. The SMILES string of the molecule is CC(C)(C)C(=O)C(F)CCC(=O)O. The van der Waals surface area contributed by atoms with Gasteiger partial charge in [0.15, 0.2) is 12.0 Å². The van der Waals surface area contributed by atoms with E-state index in [0.717, 1.165) is 0 Å². The van der Waals surface area contributed by atoms with E-state index in [9.17, 15) is 14.0 Å². The van der Waals surface area contributed by atoms with Crippen molar-refractivity contribution in [1.82, 2.24) is 0 Å². The van der Waals surface area contributed by atoms with Crippen molar-refractivity contribution in [2.45, 2.75) is 39.8 Å². The highest BCUT2D eigenvalue weighted by molar-refractivity contribution is 5.88. The molecule has 0 aromatic carbocycles. The molecule has 0 aliphatic rings. The highest BCUT2D eigenvalue weighted by Crippen LogP contribution is 2.20. The maximum atomic E-state index is 13.0. The topological polar surface area (TPSA) is 54.4 Å².